The molecule has 3 heteroatoms. The second kappa shape index (κ2) is 5.45. The fourth-order valence-corrected chi connectivity index (χ4v) is 3.62. The number of hydrogen-bond donors (Lipinski definition) is 1. The smallest absolute Gasteiger partial charge is 0.0706 e. The zero-order valence-electron chi connectivity index (χ0n) is 12.9. The molecule has 2 aromatic rings. The summed E-state index contributed by atoms with van der Waals surface area (Å²) in [5, 5.41) is 9.93. The minimum Gasteiger partial charge on any atom is -0.314 e. The van der Waals surface area contributed by atoms with Crippen LogP contribution in [0.4, 0.5) is 0 Å². The van der Waals surface area contributed by atoms with E-state index in [0.29, 0.717) is 0 Å². The normalized spacial score (nSPS) is 25.2. The molecule has 112 valence electrons. The topological polar surface area (TPSA) is 29.9 Å². The van der Waals surface area contributed by atoms with E-state index in [1.54, 1.807) is 0 Å². The van der Waals surface area contributed by atoms with Gasteiger partial charge in [0, 0.05) is 18.0 Å². The van der Waals surface area contributed by atoms with Crippen molar-refractivity contribution in [1.29, 1.82) is 0 Å². The minimum atomic E-state index is 0.833. The Morgan fingerprint density at radius 1 is 1.14 bits per heavy atom. The molecule has 2 aliphatic rings. The first-order valence-electron chi connectivity index (χ1n) is 8.53. The molecule has 21 heavy (non-hydrogen) atoms. The highest BCUT2D eigenvalue weighted by Gasteiger charge is 2.33. The predicted molar refractivity (Wildman–Crippen MR) is 86.3 cm³/mol. The molecule has 2 aliphatic carbocycles. The van der Waals surface area contributed by atoms with Gasteiger partial charge >= 0.3 is 0 Å². The van der Waals surface area contributed by atoms with Crippen molar-refractivity contribution in [3.8, 4) is 0 Å². The molecule has 0 amide bonds. The zero-order valence-corrected chi connectivity index (χ0v) is 12.9. The lowest BCUT2D eigenvalue weighted by Gasteiger charge is -2.36. The lowest BCUT2D eigenvalue weighted by atomic mass is 9.71. The molecule has 1 aromatic carbocycles. The van der Waals surface area contributed by atoms with E-state index in [-0.39, 0.29) is 0 Å². The Balaban J connectivity index is 1.48. The van der Waals surface area contributed by atoms with Crippen molar-refractivity contribution in [3.05, 3.63) is 30.0 Å². The third-order valence-corrected chi connectivity index (χ3v) is 5.31. The molecule has 2 unspecified atom stereocenters. The molecular weight excluding hydrogens is 258 g/mol. The monoisotopic (exact) mass is 283 g/mol. The molecule has 0 saturated heterocycles. The van der Waals surface area contributed by atoms with Gasteiger partial charge in [-0.15, -0.1) is 0 Å². The molecule has 0 radical (unpaired) electrons. The molecule has 1 aromatic heterocycles. The summed E-state index contributed by atoms with van der Waals surface area (Å²) in [4.78, 5) is 0. The van der Waals surface area contributed by atoms with Crippen molar-refractivity contribution in [1.82, 2.24) is 15.1 Å². The van der Waals surface area contributed by atoms with Crippen LogP contribution in [0.25, 0.3) is 10.9 Å². The van der Waals surface area contributed by atoms with Crippen LogP contribution in [0.1, 0.15) is 38.3 Å². The van der Waals surface area contributed by atoms with Crippen molar-refractivity contribution in [3.63, 3.8) is 0 Å². The first kappa shape index (κ1) is 13.3. The molecule has 0 aliphatic heterocycles. The fourth-order valence-electron chi connectivity index (χ4n) is 3.62. The van der Waals surface area contributed by atoms with Gasteiger partial charge in [-0.2, -0.15) is 5.10 Å². The molecule has 0 spiro atoms. The summed E-state index contributed by atoms with van der Waals surface area (Å²) in [6, 6.07) is 9.53. The molecule has 3 nitrogen and oxygen atoms in total. The van der Waals surface area contributed by atoms with Gasteiger partial charge in [-0.3, -0.25) is 4.68 Å². The maximum atomic E-state index is 4.87. The fraction of sp³-hybridized carbons (Fsp3) is 0.611. The van der Waals surface area contributed by atoms with Gasteiger partial charge in [-0.05, 0) is 63.5 Å². The highest BCUT2D eigenvalue weighted by Crippen LogP contribution is 2.38. The van der Waals surface area contributed by atoms with Gasteiger partial charge in [0.1, 0.15) is 0 Å². The second-order valence-electron chi connectivity index (χ2n) is 6.76. The van der Waals surface area contributed by atoms with Crippen LogP contribution in [-0.4, -0.2) is 22.4 Å². The third kappa shape index (κ3) is 2.59. The average molecular weight is 283 g/mol. The van der Waals surface area contributed by atoms with Crippen molar-refractivity contribution < 1.29 is 0 Å². The molecule has 4 rings (SSSR count). The average Bonchev–Trinajstić information content (AvgIpc) is 3.25. The van der Waals surface area contributed by atoms with Crippen LogP contribution in [-0.2, 0) is 13.0 Å². The number of hydrogen-bond acceptors (Lipinski definition) is 2. The summed E-state index contributed by atoms with van der Waals surface area (Å²) < 4.78 is 2.15. The van der Waals surface area contributed by atoms with Crippen molar-refractivity contribution >= 4 is 10.9 Å². The van der Waals surface area contributed by atoms with Crippen LogP contribution >= 0.6 is 0 Å². The number of fused-ring (bicyclic) bond motifs is 1. The van der Waals surface area contributed by atoms with Crippen molar-refractivity contribution in [2.45, 2.75) is 51.6 Å². The van der Waals surface area contributed by atoms with E-state index in [9.17, 15) is 0 Å². The van der Waals surface area contributed by atoms with Crippen LogP contribution in [0.2, 0.25) is 0 Å². The number of aromatic nitrogens is 2. The van der Waals surface area contributed by atoms with Crippen LogP contribution in [0, 0.1) is 11.8 Å². The minimum absolute atomic E-state index is 0.833. The van der Waals surface area contributed by atoms with E-state index in [0.717, 1.165) is 30.8 Å². The van der Waals surface area contributed by atoms with Gasteiger partial charge in [0.25, 0.3) is 0 Å². The van der Waals surface area contributed by atoms with E-state index in [1.807, 2.05) is 0 Å². The van der Waals surface area contributed by atoms with E-state index >= 15 is 0 Å². The van der Waals surface area contributed by atoms with Crippen molar-refractivity contribution in [2.75, 3.05) is 6.54 Å². The van der Waals surface area contributed by atoms with E-state index in [1.165, 1.54) is 48.8 Å². The molecule has 1 heterocycles. The number of rotatable bonds is 6. The van der Waals surface area contributed by atoms with Crippen LogP contribution in [0.5, 0.6) is 0 Å². The number of nitrogens with one attached hydrogen (secondary N) is 1. The SMILES string of the molecule is CCn1nc(CC2CCC2CNC2CC2)c2ccccc21. The molecule has 2 atom stereocenters. The predicted octanol–water partition coefficient (Wildman–Crippen LogP) is 3.38. The second-order valence-corrected chi connectivity index (χ2v) is 6.76. The Hall–Kier alpha value is -1.35. The Morgan fingerprint density at radius 2 is 1.95 bits per heavy atom. The third-order valence-electron chi connectivity index (χ3n) is 5.31. The van der Waals surface area contributed by atoms with Gasteiger partial charge in [-0.25, -0.2) is 0 Å². The number of benzene rings is 1. The van der Waals surface area contributed by atoms with Gasteiger partial charge in [0.15, 0.2) is 0 Å². The summed E-state index contributed by atoms with van der Waals surface area (Å²) in [5.41, 5.74) is 2.61. The van der Waals surface area contributed by atoms with E-state index in [4.69, 9.17) is 5.10 Å². The highest BCUT2D eigenvalue weighted by molar-refractivity contribution is 5.81. The summed E-state index contributed by atoms with van der Waals surface area (Å²) in [7, 11) is 0. The molecule has 0 bridgehead atoms. The Labute approximate surface area is 126 Å². The van der Waals surface area contributed by atoms with E-state index < -0.39 is 0 Å². The Kier molecular flexibility index (Phi) is 3.46. The molecule has 2 saturated carbocycles. The molecule has 1 N–H and O–H groups in total. The molecule has 2 fully saturated rings. The van der Waals surface area contributed by atoms with Crippen LogP contribution < -0.4 is 5.32 Å². The first-order chi connectivity index (χ1) is 10.3. The first-order valence-corrected chi connectivity index (χ1v) is 8.53. The quantitative estimate of drug-likeness (QED) is 0.881. The number of nitrogens with zero attached hydrogens (tertiary/aromatic N) is 2. The Morgan fingerprint density at radius 3 is 2.67 bits per heavy atom. The van der Waals surface area contributed by atoms with Gasteiger partial charge < -0.3 is 5.32 Å². The van der Waals surface area contributed by atoms with Gasteiger partial charge in [-0.1, -0.05) is 18.2 Å². The van der Waals surface area contributed by atoms with Crippen LogP contribution in [0.15, 0.2) is 24.3 Å². The number of aryl methyl sites for hydroxylation is 1. The van der Waals surface area contributed by atoms with Gasteiger partial charge in [0.05, 0.1) is 11.2 Å². The summed E-state index contributed by atoms with van der Waals surface area (Å²) >= 11 is 0. The lowest BCUT2D eigenvalue weighted by Crippen LogP contribution is -2.37. The van der Waals surface area contributed by atoms with E-state index in [2.05, 4.69) is 41.2 Å². The number of para-hydroxylation sites is 1. The summed E-state index contributed by atoms with van der Waals surface area (Å²) in [5.74, 6) is 1.70. The standard InChI is InChI=1S/C18H25N3/c1-2-21-18-6-4-3-5-16(18)17(20-21)11-13-7-8-14(13)12-19-15-9-10-15/h3-6,13-15,19H,2,7-12H2,1H3. The van der Waals surface area contributed by atoms with Crippen molar-refractivity contribution in [2.24, 2.45) is 11.8 Å². The van der Waals surface area contributed by atoms with Crippen LogP contribution in [0.3, 0.4) is 0 Å². The molecular formula is C18H25N3. The lowest BCUT2D eigenvalue weighted by molar-refractivity contribution is 0.169. The maximum absolute atomic E-state index is 4.87. The summed E-state index contributed by atoms with van der Waals surface area (Å²) in [6.45, 7) is 4.36. The highest BCUT2D eigenvalue weighted by atomic mass is 15.3. The maximum Gasteiger partial charge on any atom is 0.0706 e. The van der Waals surface area contributed by atoms with Gasteiger partial charge in [0.2, 0.25) is 0 Å². The Bertz CT molecular complexity index is 626. The largest absolute Gasteiger partial charge is 0.314 e. The summed E-state index contributed by atoms with van der Waals surface area (Å²) in [6.07, 6.45) is 6.72. The zero-order chi connectivity index (χ0) is 14.2.